The summed E-state index contributed by atoms with van der Waals surface area (Å²) in [5.41, 5.74) is 2.03. The van der Waals surface area contributed by atoms with Crippen molar-refractivity contribution >= 4 is 23.9 Å². The van der Waals surface area contributed by atoms with Crippen LogP contribution in [-0.4, -0.2) is 52.3 Å². The number of fused-ring (bicyclic) bond motifs is 1. The fourth-order valence-electron chi connectivity index (χ4n) is 4.88. The minimum absolute atomic E-state index is 0.630. The first-order valence-corrected chi connectivity index (χ1v) is 10.4. The summed E-state index contributed by atoms with van der Waals surface area (Å²) < 4.78 is 19.8. The number of ether oxygens (including phenoxy) is 4. The van der Waals surface area contributed by atoms with Gasteiger partial charge in [0, 0.05) is 17.8 Å². The first-order chi connectivity index (χ1) is 15.9. The number of benzene rings is 2. The van der Waals surface area contributed by atoms with E-state index in [0.29, 0.717) is 11.1 Å². The lowest BCUT2D eigenvalue weighted by Gasteiger charge is -2.31. The van der Waals surface area contributed by atoms with Crippen molar-refractivity contribution in [3.63, 3.8) is 0 Å². The zero-order chi connectivity index (χ0) is 24.1. The maximum absolute atomic E-state index is 12.8. The van der Waals surface area contributed by atoms with Gasteiger partial charge < -0.3 is 18.9 Å². The molecule has 1 aliphatic carbocycles. The smallest absolute Gasteiger partial charge is 0.320 e. The van der Waals surface area contributed by atoms with Gasteiger partial charge in [-0.3, -0.25) is 19.2 Å². The summed E-state index contributed by atoms with van der Waals surface area (Å²) in [6, 6.07) is 16.2. The normalized spacial score (nSPS) is 19.0. The van der Waals surface area contributed by atoms with Gasteiger partial charge in [-0.15, -0.1) is 0 Å². The molecule has 2 aromatic carbocycles. The highest BCUT2D eigenvalue weighted by Gasteiger charge is 2.55. The molecule has 0 N–H and O–H groups in total. The largest absolute Gasteiger partial charge is 0.468 e. The number of carbonyl (C=O) groups is 4. The second kappa shape index (κ2) is 10.3. The van der Waals surface area contributed by atoms with Crippen LogP contribution >= 0.6 is 0 Å². The van der Waals surface area contributed by atoms with Gasteiger partial charge in [0.1, 0.15) is 0 Å². The monoisotopic (exact) mass is 454 g/mol. The third kappa shape index (κ3) is 4.33. The molecule has 2 unspecified atom stereocenters. The number of hydrogen-bond donors (Lipinski definition) is 0. The Morgan fingerprint density at radius 1 is 0.576 bits per heavy atom. The fourth-order valence-corrected chi connectivity index (χ4v) is 4.88. The maximum atomic E-state index is 12.8. The van der Waals surface area contributed by atoms with Gasteiger partial charge in [-0.05, 0) is 16.7 Å². The molecule has 2 aromatic rings. The predicted octanol–water partition coefficient (Wildman–Crippen LogP) is 2.58. The van der Waals surface area contributed by atoms with Crippen LogP contribution in [0, 0.1) is 11.8 Å². The zero-order valence-electron chi connectivity index (χ0n) is 18.8. The molecule has 0 heterocycles. The van der Waals surface area contributed by atoms with Crippen molar-refractivity contribution in [3.8, 4) is 0 Å². The van der Waals surface area contributed by atoms with E-state index in [9.17, 15) is 19.2 Å². The van der Waals surface area contributed by atoms with Crippen LogP contribution in [0.5, 0.6) is 0 Å². The number of esters is 4. The minimum Gasteiger partial charge on any atom is -0.468 e. The molecule has 33 heavy (non-hydrogen) atoms. The van der Waals surface area contributed by atoms with E-state index in [4.69, 9.17) is 18.9 Å². The molecule has 174 valence electrons. The minimum atomic E-state index is -1.31. The molecule has 0 radical (unpaired) electrons. The first kappa shape index (κ1) is 24.0. The maximum Gasteiger partial charge on any atom is 0.320 e. The lowest BCUT2D eigenvalue weighted by atomic mass is 9.71. The van der Waals surface area contributed by atoms with Gasteiger partial charge in [-0.1, -0.05) is 54.6 Å². The predicted molar refractivity (Wildman–Crippen MR) is 116 cm³/mol. The van der Waals surface area contributed by atoms with Crippen molar-refractivity contribution < 1.29 is 38.1 Å². The SMILES string of the molecule is COC(=O)C(C(=O)OC)C1c2ccccc2C(C(C(=O)OC)C(=O)OC)C1c1ccccc1. The van der Waals surface area contributed by atoms with Crippen LogP contribution in [0.1, 0.15) is 34.4 Å². The van der Waals surface area contributed by atoms with Crippen molar-refractivity contribution in [1.82, 2.24) is 0 Å². The lowest BCUT2D eigenvalue weighted by molar-refractivity contribution is -0.160. The Balaban J connectivity index is 2.33. The molecular weight excluding hydrogens is 428 g/mol. The average Bonchev–Trinajstić information content (AvgIpc) is 3.18. The molecule has 0 bridgehead atoms. The highest BCUT2D eigenvalue weighted by molar-refractivity contribution is 5.98. The topological polar surface area (TPSA) is 105 Å². The molecular formula is C25H26O8. The third-order valence-corrected chi connectivity index (χ3v) is 6.21. The van der Waals surface area contributed by atoms with Gasteiger partial charge in [0.15, 0.2) is 11.8 Å². The molecule has 0 saturated carbocycles. The Kier molecular flexibility index (Phi) is 7.48. The molecule has 8 heteroatoms. The number of hydrogen-bond acceptors (Lipinski definition) is 8. The van der Waals surface area contributed by atoms with Crippen LogP contribution in [-0.2, 0) is 38.1 Å². The van der Waals surface area contributed by atoms with Crippen molar-refractivity contribution in [2.45, 2.75) is 17.8 Å². The lowest BCUT2D eigenvalue weighted by Crippen LogP contribution is -2.37. The average molecular weight is 454 g/mol. The Labute approximate surface area is 191 Å². The van der Waals surface area contributed by atoms with Crippen molar-refractivity contribution in [2.24, 2.45) is 11.8 Å². The van der Waals surface area contributed by atoms with Crippen LogP contribution in [0.2, 0.25) is 0 Å². The molecule has 0 fully saturated rings. The summed E-state index contributed by atoms with van der Waals surface area (Å²) in [6.45, 7) is 0. The molecule has 0 spiro atoms. The van der Waals surface area contributed by atoms with Crippen molar-refractivity contribution in [2.75, 3.05) is 28.4 Å². The quantitative estimate of drug-likeness (QED) is 0.357. The number of carbonyl (C=O) groups excluding carboxylic acids is 4. The summed E-state index contributed by atoms with van der Waals surface area (Å²) in [7, 11) is 4.78. The van der Waals surface area contributed by atoms with Gasteiger partial charge in [-0.2, -0.15) is 0 Å². The van der Waals surface area contributed by atoms with Gasteiger partial charge >= 0.3 is 23.9 Å². The highest BCUT2D eigenvalue weighted by atomic mass is 16.5. The van der Waals surface area contributed by atoms with Crippen LogP contribution < -0.4 is 0 Å². The number of methoxy groups -OCH3 is 4. The van der Waals surface area contributed by atoms with E-state index in [1.54, 1.807) is 24.3 Å². The van der Waals surface area contributed by atoms with E-state index in [2.05, 4.69) is 0 Å². The van der Waals surface area contributed by atoms with E-state index in [1.165, 1.54) is 28.4 Å². The molecule has 3 rings (SSSR count). The summed E-state index contributed by atoms with van der Waals surface area (Å²) >= 11 is 0. The summed E-state index contributed by atoms with van der Waals surface area (Å²) in [5, 5.41) is 0. The molecule has 8 nitrogen and oxygen atoms in total. The summed E-state index contributed by atoms with van der Waals surface area (Å²) in [4.78, 5) is 51.3. The van der Waals surface area contributed by atoms with E-state index in [0.717, 1.165) is 5.56 Å². The fraction of sp³-hybridized carbons (Fsp3) is 0.360. The Hall–Kier alpha value is -3.68. The van der Waals surface area contributed by atoms with Crippen molar-refractivity contribution in [3.05, 3.63) is 71.3 Å². The van der Waals surface area contributed by atoms with Gasteiger partial charge in [0.05, 0.1) is 28.4 Å². The Morgan fingerprint density at radius 2 is 0.909 bits per heavy atom. The highest BCUT2D eigenvalue weighted by Crippen LogP contribution is 2.58. The second-order valence-corrected chi connectivity index (χ2v) is 7.66. The molecule has 1 aliphatic rings. The summed E-state index contributed by atoms with van der Waals surface area (Å²) in [5.74, 6) is -7.84. The van der Waals surface area contributed by atoms with E-state index in [1.807, 2.05) is 30.3 Å². The molecule has 2 atom stereocenters. The Morgan fingerprint density at radius 3 is 1.24 bits per heavy atom. The van der Waals surface area contributed by atoms with Crippen LogP contribution in [0.25, 0.3) is 0 Å². The van der Waals surface area contributed by atoms with E-state index < -0.39 is 53.5 Å². The van der Waals surface area contributed by atoms with Gasteiger partial charge in [0.25, 0.3) is 0 Å². The molecule has 0 amide bonds. The standard InChI is InChI=1S/C25H26O8/c1-30-22(26)20(23(27)31-2)18-15-12-8-9-13-16(15)19(17(18)14-10-6-5-7-11-14)21(24(28)32-3)25(29)33-4/h5-13,17-21H,1-4H3. The van der Waals surface area contributed by atoms with Crippen LogP contribution in [0.15, 0.2) is 54.6 Å². The Bertz CT molecular complexity index is 937. The van der Waals surface area contributed by atoms with Gasteiger partial charge in [0.2, 0.25) is 0 Å². The second-order valence-electron chi connectivity index (χ2n) is 7.66. The summed E-state index contributed by atoms with van der Waals surface area (Å²) in [6.07, 6.45) is 0. The van der Waals surface area contributed by atoms with Gasteiger partial charge in [-0.25, -0.2) is 0 Å². The molecule has 0 aromatic heterocycles. The molecule has 0 aliphatic heterocycles. The number of rotatable bonds is 7. The van der Waals surface area contributed by atoms with E-state index in [-0.39, 0.29) is 0 Å². The van der Waals surface area contributed by atoms with Crippen LogP contribution in [0.3, 0.4) is 0 Å². The molecule has 0 saturated heterocycles. The first-order valence-electron chi connectivity index (χ1n) is 10.4. The van der Waals surface area contributed by atoms with E-state index >= 15 is 0 Å². The van der Waals surface area contributed by atoms with Crippen molar-refractivity contribution in [1.29, 1.82) is 0 Å². The third-order valence-electron chi connectivity index (χ3n) is 6.21. The van der Waals surface area contributed by atoms with Crippen LogP contribution in [0.4, 0.5) is 0 Å². The zero-order valence-corrected chi connectivity index (χ0v) is 18.8.